The minimum absolute atomic E-state index is 0.107. The highest BCUT2D eigenvalue weighted by Gasteiger charge is 2.30. The molecule has 1 heterocycles. The third-order valence-corrected chi connectivity index (χ3v) is 4.20. The molecular formula is C19H22N2O. The second-order valence-electron chi connectivity index (χ2n) is 6.10. The van der Waals surface area contributed by atoms with Crippen LogP contribution in [0.2, 0.25) is 0 Å². The van der Waals surface area contributed by atoms with Crippen molar-refractivity contribution < 1.29 is 4.79 Å². The van der Waals surface area contributed by atoms with Crippen molar-refractivity contribution in [2.45, 2.75) is 33.4 Å². The van der Waals surface area contributed by atoms with Crippen LogP contribution in [0.4, 0.5) is 11.4 Å². The highest BCUT2D eigenvalue weighted by Crippen LogP contribution is 2.36. The number of carbonyl (C=O) groups is 1. The highest BCUT2D eigenvalue weighted by atomic mass is 16.2. The Hall–Kier alpha value is -2.29. The fraction of sp³-hybridized carbons (Fsp3) is 0.316. The van der Waals surface area contributed by atoms with E-state index < -0.39 is 0 Å². The van der Waals surface area contributed by atoms with Gasteiger partial charge in [0, 0.05) is 20.0 Å². The zero-order chi connectivity index (χ0) is 15.7. The van der Waals surface area contributed by atoms with Crippen molar-refractivity contribution in [3.8, 4) is 0 Å². The second-order valence-corrected chi connectivity index (χ2v) is 6.10. The van der Waals surface area contributed by atoms with Gasteiger partial charge in [-0.3, -0.25) is 4.79 Å². The van der Waals surface area contributed by atoms with E-state index in [1.54, 1.807) is 6.92 Å². The van der Waals surface area contributed by atoms with Gasteiger partial charge in [-0.05, 0) is 31.5 Å². The molecule has 0 radical (unpaired) electrons. The maximum Gasteiger partial charge on any atom is 0.224 e. The highest BCUT2D eigenvalue weighted by molar-refractivity contribution is 5.97. The Labute approximate surface area is 132 Å². The van der Waals surface area contributed by atoms with Gasteiger partial charge in [0.25, 0.3) is 0 Å². The normalized spacial score (nSPS) is 17.3. The SMILES string of the molecule is CC(=O)N1c2ccccc2N(Cc2cccc(C)c2)C[C@@H]1C. The van der Waals surface area contributed by atoms with E-state index in [1.807, 2.05) is 23.1 Å². The average Bonchev–Trinajstić information content (AvgIpc) is 2.47. The Bertz CT molecular complexity index is 695. The van der Waals surface area contributed by atoms with Crippen LogP contribution in [-0.4, -0.2) is 18.5 Å². The fourth-order valence-corrected chi connectivity index (χ4v) is 3.33. The number of rotatable bonds is 2. The molecule has 2 aromatic carbocycles. The Morgan fingerprint density at radius 3 is 2.55 bits per heavy atom. The summed E-state index contributed by atoms with van der Waals surface area (Å²) in [6.45, 7) is 7.59. The molecule has 114 valence electrons. The number of anilines is 2. The molecule has 1 atom stereocenters. The maximum absolute atomic E-state index is 12.0. The standard InChI is InChI=1S/C19H22N2O/c1-14-7-6-8-17(11-14)13-20-12-15(2)21(16(3)22)19-10-5-4-9-18(19)20/h4-11,15H,12-13H2,1-3H3/t15-/m0/s1. The van der Waals surface area contributed by atoms with Crippen LogP contribution in [0.25, 0.3) is 0 Å². The number of nitrogens with zero attached hydrogens (tertiary/aromatic N) is 2. The first kappa shape index (κ1) is 14.6. The molecule has 0 N–H and O–H groups in total. The third kappa shape index (κ3) is 2.71. The molecule has 1 aliphatic rings. The first-order valence-corrected chi connectivity index (χ1v) is 7.75. The number of fused-ring (bicyclic) bond motifs is 1. The molecule has 2 aromatic rings. The molecule has 0 saturated heterocycles. The lowest BCUT2D eigenvalue weighted by molar-refractivity contribution is -0.117. The zero-order valence-corrected chi connectivity index (χ0v) is 13.4. The smallest absolute Gasteiger partial charge is 0.224 e. The molecule has 1 amide bonds. The monoisotopic (exact) mass is 294 g/mol. The van der Waals surface area contributed by atoms with Crippen molar-refractivity contribution in [1.29, 1.82) is 0 Å². The van der Waals surface area contributed by atoms with Crippen molar-refractivity contribution >= 4 is 17.3 Å². The van der Waals surface area contributed by atoms with Gasteiger partial charge in [-0.1, -0.05) is 42.0 Å². The molecule has 0 aliphatic carbocycles. The number of para-hydroxylation sites is 2. The molecule has 0 saturated carbocycles. The molecule has 0 fully saturated rings. The van der Waals surface area contributed by atoms with Gasteiger partial charge in [-0.2, -0.15) is 0 Å². The summed E-state index contributed by atoms with van der Waals surface area (Å²) in [4.78, 5) is 16.3. The lowest BCUT2D eigenvalue weighted by atomic mass is 10.1. The lowest BCUT2D eigenvalue weighted by Crippen LogP contribution is -2.49. The van der Waals surface area contributed by atoms with Crippen LogP contribution < -0.4 is 9.80 Å². The van der Waals surface area contributed by atoms with E-state index in [2.05, 4.69) is 49.1 Å². The Balaban J connectivity index is 1.96. The number of carbonyl (C=O) groups excluding carboxylic acids is 1. The van der Waals surface area contributed by atoms with E-state index >= 15 is 0 Å². The Morgan fingerprint density at radius 1 is 1.14 bits per heavy atom. The van der Waals surface area contributed by atoms with E-state index in [1.165, 1.54) is 11.1 Å². The van der Waals surface area contributed by atoms with Crippen molar-refractivity contribution in [2.75, 3.05) is 16.3 Å². The molecule has 0 bridgehead atoms. The zero-order valence-electron chi connectivity index (χ0n) is 13.4. The lowest BCUT2D eigenvalue weighted by Gasteiger charge is -2.42. The number of benzene rings is 2. The van der Waals surface area contributed by atoms with Crippen LogP contribution in [-0.2, 0) is 11.3 Å². The van der Waals surface area contributed by atoms with Gasteiger partial charge in [0.1, 0.15) is 0 Å². The van der Waals surface area contributed by atoms with Crippen LogP contribution in [0.5, 0.6) is 0 Å². The van der Waals surface area contributed by atoms with Gasteiger partial charge in [-0.15, -0.1) is 0 Å². The van der Waals surface area contributed by atoms with Crippen molar-refractivity contribution in [1.82, 2.24) is 0 Å². The summed E-state index contributed by atoms with van der Waals surface area (Å²) in [5, 5.41) is 0. The van der Waals surface area contributed by atoms with Crippen molar-refractivity contribution in [2.24, 2.45) is 0 Å². The topological polar surface area (TPSA) is 23.6 Å². The van der Waals surface area contributed by atoms with Gasteiger partial charge in [0.2, 0.25) is 5.91 Å². The number of amides is 1. The first-order chi connectivity index (χ1) is 10.6. The largest absolute Gasteiger partial charge is 0.363 e. The van der Waals surface area contributed by atoms with Crippen LogP contribution in [0, 0.1) is 6.92 Å². The molecule has 0 unspecified atom stereocenters. The van der Waals surface area contributed by atoms with Gasteiger partial charge in [-0.25, -0.2) is 0 Å². The van der Waals surface area contributed by atoms with Crippen molar-refractivity contribution in [3.05, 3.63) is 59.7 Å². The fourth-order valence-electron chi connectivity index (χ4n) is 3.33. The molecule has 3 rings (SSSR count). The Kier molecular flexibility index (Phi) is 3.88. The molecule has 3 nitrogen and oxygen atoms in total. The third-order valence-electron chi connectivity index (χ3n) is 4.20. The summed E-state index contributed by atoms with van der Waals surface area (Å²) in [6.07, 6.45) is 0. The van der Waals surface area contributed by atoms with E-state index in [-0.39, 0.29) is 11.9 Å². The molecule has 3 heteroatoms. The summed E-state index contributed by atoms with van der Waals surface area (Å²) in [5.41, 5.74) is 4.73. The number of hydrogen-bond donors (Lipinski definition) is 0. The van der Waals surface area contributed by atoms with E-state index in [9.17, 15) is 4.79 Å². The maximum atomic E-state index is 12.0. The summed E-state index contributed by atoms with van der Waals surface area (Å²) >= 11 is 0. The Morgan fingerprint density at radius 2 is 1.86 bits per heavy atom. The van der Waals surface area contributed by atoms with Crippen LogP contribution in [0.3, 0.4) is 0 Å². The van der Waals surface area contributed by atoms with Gasteiger partial charge >= 0.3 is 0 Å². The van der Waals surface area contributed by atoms with Crippen LogP contribution in [0.1, 0.15) is 25.0 Å². The second kappa shape index (κ2) is 5.84. The predicted octanol–water partition coefficient (Wildman–Crippen LogP) is 3.76. The first-order valence-electron chi connectivity index (χ1n) is 7.75. The van der Waals surface area contributed by atoms with E-state index in [4.69, 9.17) is 0 Å². The predicted molar refractivity (Wildman–Crippen MR) is 91.3 cm³/mol. The van der Waals surface area contributed by atoms with Crippen LogP contribution in [0.15, 0.2) is 48.5 Å². The molecular weight excluding hydrogens is 272 g/mol. The summed E-state index contributed by atoms with van der Waals surface area (Å²) in [6, 6.07) is 17.0. The number of aryl methyl sites for hydroxylation is 1. The van der Waals surface area contributed by atoms with Gasteiger partial charge < -0.3 is 9.80 Å². The number of hydrogen-bond acceptors (Lipinski definition) is 2. The molecule has 22 heavy (non-hydrogen) atoms. The summed E-state index contributed by atoms with van der Waals surface area (Å²) in [7, 11) is 0. The summed E-state index contributed by atoms with van der Waals surface area (Å²) < 4.78 is 0. The summed E-state index contributed by atoms with van der Waals surface area (Å²) in [5.74, 6) is 0.107. The van der Waals surface area contributed by atoms with Crippen LogP contribution >= 0.6 is 0 Å². The quantitative estimate of drug-likeness (QED) is 0.842. The van der Waals surface area contributed by atoms with Crippen molar-refractivity contribution in [3.63, 3.8) is 0 Å². The molecule has 1 aliphatic heterocycles. The average molecular weight is 294 g/mol. The molecule has 0 aromatic heterocycles. The van der Waals surface area contributed by atoms with E-state index in [0.29, 0.717) is 0 Å². The van der Waals surface area contributed by atoms with Gasteiger partial charge in [0.15, 0.2) is 0 Å². The molecule has 0 spiro atoms. The minimum Gasteiger partial charge on any atom is -0.363 e. The van der Waals surface area contributed by atoms with E-state index in [0.717, 1.165) is 24.5 Å². The van der Waals surface area contributed by atoms with Gasteiger partial charge in [0.05, 0.1) is 17.4 Å². The minimum atomic E-state index is 0.107.